The number of benzene rings is 1. The average Bonchev–Trinajstić information content (AvgIpc) is 2.73. The smallest absolute Gasteiger partial charge is 0.419 e. The van der Waals surface area contributed by atoms with Gasteiger partial charge in [-0.2, -0.15) is 13.1 Å². The van der Waals surface area contributed by atoms with E-state index in [2.05, 4.69) is 23.2 Å². The molecule has 0 unspecified atom stereocenters. The van der Waals surface area contributed by atoms with Crippen LogP contribution in [0.2, 0.25) is 0 Å². The first-order valence-corrected chi connectivity index (χ1v) is 10.1. The van der Waals surface area contributed by atoms with Crippen LogP contribution in [0.3, 0.4) is 0 Å². The van der Waals surface area contributed by atoms with Gasteiger partial charge in [0.2, 0.25) is 15.9 Å². The van der Waals surface area contributed by atoms with Crippen LogP contribution in [-0.4, -0.2) is 67.6 Å². The summed E-state index contributed by atoms with van der Waals surface area (Å²) in [5.41, 5.74) is 0. The van der Waals surface area contributed by atoms with E-state index < -0.39 is 16.6 Å². The Hall–Kier alpha value is -2.53. The maximum atomic E-state index is 13.0. The molecule has 1 aliphatic heterocycles. The van der Waals surface area contributed by atoms with Gasteiger partial charge in [-0.25, -0.2) is 26.1 Å². The summed E-state index contributed by atoms with van der Waals surface area (Å²) in [6.07, 6.45) is 3.73. The van der Waals surface area contributed by atoms with Gasteiger partial charge in [-0.3, -0.25) is 0 Å². The number of amides is 1. The van der Waals surface area contributed by atoms with Crippen LogP contribution in [0.25, 0.3) is 10.8 Å². The predicted octanol–water partition coefficient (Wildman–Crippen LogP) is 1.78. The number of sulfonamides is 1. The van der Waals surface area contributed by atoms with Gasteiger partial charge < -0.3 is 26.1 Å². The number of carbonyl (C=O) groups excluding carboxylic acids is 2. The molecule has 1 aliphatic rings. The molecule has 2 aromatic rings. The number of hydrogen-bond donors (Lipinski definition) is 0. The molecule has 0 saturated carbocycles. The maximum Gasteiger partial charge on any atom is 2.00 e. The van der Waals surface area contributed by atoms with Crippen LogP contribution in [0.5, 0.6) is 5.88 Å². The molecule has 8 nitrogen and oxygen atoms in total. The van der Waals surface area contributed by atoms with E-state index in [1.54, 1.807) is 0 Å². The molecule has 1 amide bonds. The van der Waals surface area contributed by atoms with E-state index in [0.29, 0.717) is 0 Å². The summed E-state index contributed by atoms with van der Waals surface area (Å²) in [6.45, 7) is 4.05. The van der Waals surface area contributed by atoms with E-state index in [0.717, 1.165) is 6.08 Å². The minimum atomic E-state index is -3.88. The summed E-state index contributed by atoms with van der Waals surface area (Å²) in [5.74, 6) is -0.686. The zero-order chi connectivity index (χ0) is 22.3. The molecule has 12 heteroatoms. The second kappa shape index (κ2) is 11.8. The van der Waals surface area contributed by atoms with Crippen molar-refractivity contribution in [2.75, 3.05) is 26.2 Å². The number of hydrogen-bond acceptors (Lipinski definition) is 6. The predicted molar refractivity (Wildman–Crippen MR) is 105 cm³/mol. The van der Waals surface area contributed by atoms with Crippen LogP contribution in [-0.2, 0) is 36.7 Å². The average molecular weight is 494 g/mol. The number of ether oxygens (including phenoxy) is 1. The van der Waals surface area contributed by atoms with Crippen molar-refractivity contribution in [2.24, 2.45) is 0 Å². The quantitative estimate of drug-likeness (QED) is 0.357. The number of nitrogens with zero attached hydrogens (tertiary/aromatic N) is 3. The van der Waals surface area contributed by atoms with Crippen molar-refractivity contribution in [1.82, 2.24) is 14.2 Å². The number of allylic oxidation sites excluding steroid dienone is 1. The van der Waals surface area contributed by atoms with Gasteiger partial charge in [-0.05, 0) is 24.5 Å². The summed E-state index contributed by atoms with van der Waals surface area (Å²) in [4.78, 5) is 25.4. The maximum absolute atomic E-state index is 13.0. The molecule has 1 aromatic carbocycles. The van der Waals surface area contributed by atoms with Gasteiger partial charge in [-0.15, -0.1) is 0 Å². The standard InChI is InChI=1S/C16H16F2N3O4S.C3H3O.Mn/c1-11(22)20-7-9-21(10-8-20)26(23,24)14-4-2-3-13-12(14)5-6-19-15(13)25-16(17)18;1-2-3-4;/h2-6,16H,1,7-10H2;2H,1H2;/q2*-1;+2. The summed E-state index contributed by atoms with van der Waals surface area (Å²) in [5, 5.41) is 0.425. The van der Waals surface area contributed by atoms with Gasteiger partial charge >= 0.3 is 23.7 Å². The van der Waals surface area contributed by atoms with Crippen LogP contribution >= 0.6 is 0 Å². The van der Waals surface area contributed by atoms with Crippen molar-refractivity contribution in [3.05, 3.63) is 50.0 Å². The summed E-state index contributed by atoms with van der Waals surface area (Å²) in [7, 11) is -3.88. The van der Waals surface area contributed by atoms with Crippen molar-refractivity contribution in [3.8, 4) is 5.88 Å². The molecular formula is C19H19F2MnN3O5S. The number of piperazine rings is 1. The molecule has 0 N–H and O–H groups in total. The fraction of sp³-hybridized carbons (Fsp3) is 0.263. The third-order valence-electron chi connectivity index (χ3n) is 4.22. The van der Waals surface area contributed by atoms with Gasteiger partial charge in [-0.1, -0.05) is 6.07 Å². The van der Waals surface area contributed by atoms with Crippen molar-refractivity contribution in [3.63, 3.8) is 0 Å². The van der Waals surface area contributed by atoms with Crippen molar-refractivity contribution in [1.29, 1.82) is 0 Å². The van der Waals surface area contributed by atoms with E-state index >= 15 is 0 Å². The number of pyridine rings is 1. The molecule has 1 aromatic heterocycles. The Morgan fingerprint density at radius 3 is 2.35 bits per heavy atom. The first-order chi connectivity index (χ1) is 14.2. The summed E-state index contributed by atoms with van der Waals surface area (Å²) >= 11 is 0. The van der Waals surface area contributed by atoms with E-state index in [4.69, 9.17) is 4.79 Å². The molecule has 1 radical (unpaired) electrons. The fourth-order valence-electron chi connectivity index (χ4n) is 2.87. The fourth-order valence-corrected chi connectivity index (χ4v) is 4.50. The monoisotopic (exact) mass is 494 g/mol. The molecule has 1 saturated heterocycles. The van der Waals surface area contributed by atoms with E-state index in [1.165, 1.54) is 46.0 Å². The number of fused-ring (bicyclic) bond motifs is 1. The Balaban J connectivity index is 0.000000885. The number of alkyl halides is 2. The van der Waals surface area contributed by atoms with Crippen LogP contribution in [0, 0.1) is 6.92 Å². The zero-order valence-corrected chi connectivity index (χ0v) is 18.2. The summed E-state index contributed by atoms with van der Waals surface area (Å²) < 4.78 is 56.8. The van der Waals surface area contributed by atoms with Crippen LogP contribution in [0.1, 0.15) is 0 Å². The normalized spacial score (nSPS) is 14.2. The molecular weight excluding hydrogens is 475 g/mol. The third-order valence-corrected chi connectivity index (χ3v) is 6.18. The third kappa shape index (κ3) is 6.47. The molecule has 0 bridgehead atoms. The number of carbonyl (C=O) groups is 1. The Morgan fingerprint density at radius 2 is 1.84 bits per heavy atom. The number of aromatic nitrogens is 1. The van der Waals surface area contributed by atoms with Crippen molar-refractivity contribution >= 4 is 33.0 Å². The van der Waals surface area contributed by atoms with Crippen LogP contribution in [0.15, 0.2) is 48.0 Å². The molecule has 2 heterocycles. The van der Waals surface area contributed by atoms with Gasteiger partial charge in [0.05, 0.1) is 10.8 Å². The molecule has 3 rings (SSSR count). The van der Waals surface area contributed by atoms with Crippen molar-refractivity contribution in [2.45, 2.75) is 11.5 Å². The van der Waals surface area contributed by atoms with Gasteiger partial charge in [0.1, 0.15) is 0 Å². The second-order valence-electron chi connectivity index (χ2n) is 5.95. The Bertz CT molecular complexity index is 1020. The Kier molecular flexibility index (Phi) is 10.0. The number of rotatable bonds is 5. The molecule has 31 heavy (non-hydrogen) atoms. The molecule has 167 valence electrons. The minimum absolute atomic E-state index is 0. The molecule has 0 aliphatic carbocycles. The topological polar surface area (TPSA) is 96.9 Å². The Labute approximate surface area is 189 Å². The number of halogens is 2. The van der Waals surface area contributed by atoms with Gasteiger partial charge in [0.25, 0.3) is 0 Å². The first-order valence-electron chi connectivity index (χ1n) is 8.64. The molecule has 1 fully saturated rings. The first kappa shape index (κ1) is 26.5. The Morgan fingerprint density at radius 1 is 1.23 bits per heavy atom. The SMILES string of the molecule is C=C[C-]=O.[CH2-]C(=O)N1CCN(S(=O)(=O)c2cccc3c(OC(F)F)nccc23)CC1.[Mn+2]. The van der Waals surface area contributed by atoms with Gasteiger partial charge in [0.15, 0.2) is 0 Å². The molecule has 0 atom stereocenters. The largest absolute Gasteiger partial charge is 2.00 e. The zero-order valence-electron chi connectivity index (χ0n) is 16.2. The van der Waals surface area contributed by atoms with Crippen LogP contribution < -0.4 is 4.74 Å². The van der Waals surface area contributed by atoms with Gasteiger partial charge in [0, 0.05) is 43.1 Å². The summed E-state index contributed by atoms with van der Waals surface area (Å²) in [6, 6.07) is 5.77. The van der Waals surface area contributed by atoms with Crippen molar-refractivity contribution < 1.29 is 48.6 Å². The molecule has 0 spiro atoms. The van der Waals surface area contributed by atoms with E-state index in [1.807, 2.05) is 0 Å². The van der Waals surface area contributed by atoms with E-state index in [-0.39, 0.29) is 70.7 Å². The van der Waals surface area contributed by atoms with E-state index in [9.17, 15) is 22.0 Å². The minimum Gasteiger partial charge on any atom is -0.419 e. The second-order valence-corrected chi connectivity index (χ2v) is 7.86. The van der Waals surface area contributed by atoms with Crippen LogP contribution in [0.4, 0.5) is 8.78 Å².